The Morgan fingerprint density at radius 3 is 2.50 bits per heavy atom. The Labute approximate surface area is 140 Å². The molecule has 22 heavy (non-hydrogen) atoms. The van der Waals surface area contributed by atoms with Gasteiger partial charge in [-0.25, -0.2) is 0 Å². The lowest BCUT2D eigenvalue weighted by atomic mass is 9.92. The van der Waals surface area contributed by atoms with Crippen LogP contribution in [0.5, 0.6) is 0 Å². The minimum atomic E-state index is 0.383. The van der Waals surface area contributed by atoms with E-state index in [-0.39, 0.29) is 0 Å². The number of nitrogens with one attached hydrogen (secondary N) is 1. The first-order valence-electron chi connectivity index (χ1n) is 7.96. The van der Waals surface area contributed by atoms with E-state index < -0.39 is 0 Å². The molecule has 1 N–H and O–H groups in total. The molecule has 3 rings (SSSR count). The van der Waals surface area contributed by atoms with Crippen molar-refractivity contribution >= 4 is 26.8 Å². The average molecular weight is 356 g/mol. The van der Waals surface area contributed by atoms with E-state index in [4.69, 9.17) is 0 Å². The predicted molar refractivity (Wildman–Crippen MR) is 98.7 cm³/mol. The number of fused-ring (bicyclic) bond motifs is 1. The molecule has 1 heterocycles. The Morgan fingerprint density at radius 1 is 1.09 bits per heavy atom. The Balaban J connectivity index is 2.12. The van der Waals surface area contributed by atoms with Gasteiger partial charge in [-0.15, -0.1) is 0 Å². The Hall–Kier alpha value is -1.54. The molecule has 0 aliphatic heterocycles. The molecule has 0 fully saturated rings. The first kappa shape index (κ1) is 15.4. The maximum atomic E-state index is 3.67. The Bertz CT molecular complexity index is 783. The van der Waals surface area contributed by atoms with Crippen molar-refractivity contribution in [3.63, 3.8) is 0 Å². The first-order chi connectivity index (χ1) is 10.6. The minimum absolute atomic E-state index is 0.383. The normalized spacial score (nSPS) is 12.7. The Morgan fingerprint density at radius 2 is 1.82 bits per heavy atom. The van der Waals surface area contributed by atoms with Crippen LogP contribution in [0.3, 0.4) is 0 Å². The second kappa shape index (κ2) is 6.29. The fourth-order valence-electron chi connectivity index (χ4n) is 3.15. The van der Waals surface area contributed by atoms with Crippen molar-refractivity contribution in [1.29, 1.82) is 0 Å². The molecule has 1 nitrogen and oxygen atoms in total. The highest BCUT2D eigenvalue weighted by Crippen LogP contribution is 2.33. The smallest absolute Gasteiger partial charge is 0.0459 e. The van der Waals surface area contributed by atoms with Gasteiger partial charge in [0.1, 0.15) is 0 Å². The van der Waals surface area contributed by atoms with Gasteiger partial charge in [-0.3, -0.25) is 0 Å². The molecule has 0 bridgehead atoms. The van der Waals surface area contributed by atoms with E-state index in [9.17, 15) is 0 Å². The van der Waals surface area contributed by atoms with Crippen LogP contribution in [0.15, 0.2) is 46.9 Å². The predicted octanol–water partition coefficient (Wildman–Crippen LogP) is 6.34. The molecule has 0 amide bonds. The summed E-state index contributed by atoms with van der Waals surface area (Å²) in [5.41, 5.74) is 6.74. The lowest BCUT2D eigenvalue weighted by Gasteiger charge is -2.14. The van der Waals surface area contributed by atoms with E-state index in [2.05, 4.69) is 84.1 Å². The molecule has 0 aliphatic rings. The lowest BCUT2D eigenvalue weighted by molar-refractivity contribution is 0.837. The van der Waals surface area contributed by atoms with Gasteiger partial charge in [0.25, 0.3) is 0 Å². The van der Waals surface area contributed by atoms with E-state index in [0.717, 1.165) is 17.3 Å². The van der Waals surface area contributed by atoms with Gasteiger partial charge in [-0.05, 0) is 42.7 Å². The van der Waals surface area contributed by atoms with Gasteiger partial charge >= 0.3 is 0 Å². The summed E-state index contributed by atoms with van der Waals surface area (Å²) in [5.74, 6) is 0.383. The van der Waals surface area contributed by atoms with E-state index in [0.29, 0.717) is 5.92 Å². The maximum Gasteiger partial charge on any atom is 0.0459 e. The molecule has 0 aliphatic carbocycles. The van der Waals surface area contributed by atoms with Crippen LogP contribution in [-0.4, -0.2) is 4.98 Å². The number of hydrogen-bond acceptors (Lipinski definition) is 0. The lowest BCUT2D eigenvalue weighted by Crippen LogP contribution is -2.00. The summed E-state index contributed by atoms with van der Waals surface area (Å²) >= 11 is 3.60. The summed E-state index contributed by atoms with van der Waals surface area (Å²) in [4.78, 5) is 3.67. The molecule has 1 unspecified atom stereocenters. The molecule has 114 valence electrons. The molecule has 0 saturated carbocycles. The van der Waals surface area contributed by atoms with Gasteiger partial charge in [0.05, 0.1) is 0 Å². The molecule has 3 aromatic rings. The number of benzene rings is 2. The van der Waals surface area contributed by atoms with E-state index in [1.165, 1.54) is 33.3 Å². The molecule has 0 saturated heterocycles. The summed E-state index contributed by atoms with van der Waals surface area (Å²) < 4.78 is 1.14. The van der Waals surface area contributed by atoms with Crippen molar-refractivity contribution in [3.05, 3.63) is 69.3 Å². The summed E-state index contributed by atoms with van der Waals surface area (Å²) in [5, 5.41) is 1.35. The third-order valence-electron chi connectivity index (χ3n) is 4.41. The fourth-order valence-corrected chi connectivity index (χ4v) is 3.51. The van der Waals surface area contributed by atoms with Gasteiger partial charge in [0, 0.05) is 27.0 Å². The number of aryl methyl sites for hydroxylation is 2. The van der Waals surface area contributed by atoms with Gasteiger partial charge in [0.2, 0.25) is 0 Å². The third kappa shape index (κ3) is 2.85. The second-order valence-corrected chi connectivity index (χ2v) is 7.01. The molecule has 1 aromatic heterocycles. The standard InChI is InChI=1S/C20H22BrN/c1-4-5-17-18-12-16(21)10-11-19(18)22-20(17)14(3)15-8-6-13(2)7-9-15/h6-12,14,22H,4-5H2,1-3H3. The van der Waals surface area contributed by atoms with Crippen molar-refractivity contribution < 1.29 is 0 Å². The van der Waals surface area contributed by atoms with Crippen molar-refractivity contribution in [3.8, 4) is 0 Å². The zero-order valence-corrected chi connectivity index (χ0v) is 15.0. The van der Waals surface area contributed by atoms with Crippen molar-refractivity contribution in [1.82, 2.24) is 4.98 Å². The van der Waals surface area contributed by atoms with Gasteiger partial charge in [0.15, 0.2) is 0 Å². The number of halogens is 1. The highest BCUT2D eigenvalue weighted by atomic mass is 79.9. The van der Waals surface area contributed by atoms with E-state index in [1.54, 1.807) is 0 Å². The maximum absolute atomic E-state index is 3.67. The van der Waals surface area contributed by atoms with Gasteiger partial charge in [-0.1, -0.05) is 66.0 Å². The van der Waals surface area contributed by atoms with Crippen LogP contribution < -0.4 is 0 Å². The molecule has 1 atom stereocenters. The first-order valence-corrected chi connectivity index (χ1v) is 8.76. The van der Waals surface area contributed by atoms with Crippen LogP contribution in [0.4, 0.5) is 0 Å². The zero-order chi connectivity index (χ0) is 15.7. The summed E-state index contributed by atoms with van der Waals surface area (Å²) in [7, 11) is 0. The number of hydrogen-bond donors (Lipinski definition) is 1. The van der Waals surface area contributed by atoms with Crippen LogP contribution in [-0.2, 0) is 6.42 Å². The summed E-state index contributed by atoms with van der Waals surface area (Å²) in [6.07, 6.45) is 2.27. The zero-order valence-electron chi connectivity index (χ0n) is 13.4. The summed E-state index contributed by atoms with van der Waals surface area (Å²) in [6.45, 7) is 6.68. The third-order valence-corrected chi connectivity index (χ3v) is 4.90. The van der Waals surface area contributed by atoms with Crippen LogP contribution in [0.1, 0.15) is 48.6 Å². The average Bonchev–Trinajstić information content (AvgIpc) is 2.86. The highest BCUT2D eigenvalue weighted by Gasteiger charge is 2.17. The number of rotatable bonds is 4. The second-order valence-electron chi connectivity index (χ2n) is 6.09. The van der Waals surface area contributed by atoms with E-state index >= 15 is 0 Å². The number of aromatic nitrogens is 1. The highest BCUT2D eigenvalue weighted by molar-refractivity contribution is 9.10. The SMILES string of the molecule is CCCc1c(C(C)c2ccc(C)cc2)[nH]c2ccc(Br)cc12. The summed E-state index contributed by atoms with van der Waals surface area (Å²) in [6, 6.07) is 15.4. The molecule has 0 radical (unpaired) electrons. The minimum Gasteiger partial charge on any atom is -0.358 e. The van der Waals surface area contributed by atoms with Gasteiger partial charge in [-0.2, -0.15) is 0 Å². The fraction of sp³-hybridized carbons (Fsp3) is 0.300. The van der Waals surface area contributed by atoms with Crippen LogP contribution in [0.25, 0.3) is 10.9 Å². The monoisotopic (exact) mass is 355 g/mol. The van der Waals surface area contributed by atoms with Crippen molar-refractivity contribution in [2.75, 3.05) is 0 Å². The van der Waals surface area contributed by atoms with Crippen LogP contribution >= 0.6 is 15.9 Å². The van der Waals surface area contributed by atoms with Crippen molar-refractivity contribution in [2.45, 2.75) is 39.5 Å². The Kier molecular flexibility index (Phi) is 4.39. The molecular weight excluding hydrogens is 334 g/mol. The number of aromatic amines is 1. The van der Waals surface area contributed by atoms with Crippen LogP contribution in [0, 0.1) is 6.92 Å². The molecular formula is C20H22BrN. The quantitative estimate of drug-likeness (QED) is 0.561. The van der Waals surface area contributed by atoms with Gasteiger partial charge < -0.3 is 4.98 Å². The molecule has 2 aromatic carbocycles. The molecule has 2 heteroatoms. The topological polar surface area (TPSA) is 15.8 Å². The largest absolute Gasteiger partial charge is 0.358 e. The number of H-pyrrole nitrogens is 1. The van der Waals surface area contributed by atoms with E-state index in [1.807, 2.05) is 0 Å². The molecule has 0 spiro atoms. The van der Waals surface area contributed by atoms with Crippen molar-refractivity contribution in [2.24, 2.45) is 0 Å². The van der Waals surface area contributed by atoms with Crippen LogP contribution in [0.2, 0.25) is 0 Å².